The van der Waals surface area contributed by atoms with Crippen molar-refractivity contribution in [1.82, 2.24) is 9.55 Å². The summed E-state index contributed by atoms with van der Waals surface area (Å²) in [6, 6.07) is 7.09. The molecule has 0 unspecified atom stereocenters. The normalized spacial score (nSPS) is 10.5. The lowest BCUT2D eigenvalue weighted by atomic mass is 10.3. The molecule has 0 saturated carbocycles. The van der Waals surface area contributed by atoms with Crippen LogP contribution in [0.25, 0.3) is 0 Å². The minimum Gasteiger partial charge on any atom is -0.494 e. The van der Waals surface area contributed by atoms with Crippen molar-refractivity contribution in [2.75, 3.05) is 6.61 Å². The minimum absolute atomic E-state index is 0.344. The van der Waals surface area contributed by atoms with Crippen LogP contribution in [-0.4, -0.2) is 16.2 Å². The average Bonchev–Trinajstić information content (AvgIpc) is 2.42. The van der Waals surface area contributed by atoms with Crippen LogP contribution in [-0.2, 0) is 6.54 Å². The molecule has 0 aliphatic carbocycles. The molecule has 0 saturated heterocycles. The lowest BCUT2D eigenvalue weighted by molar-refractivity contribution is 0.300. The van der Waals surface area contributed by atoms with Crippen LogP contribution in [0.3, 0.4) is 0 Å². The standard InChI is InChI=1S/C14H15ClN2O3/c1-10-9-17(14(19)16-13(10)18)7-2-8-20-12-5-3-11(15)4-6-12/h3-6,9H,2,7-8H2,1H3,(H,16,18,19). The molecule has 0 spiro atoms. The Morgan fingerprint density at radius 2 is 1.95 bits per heavy atom. The Labute approximate surface area is 120 Å². The Morgan fingerprint density at radius 1 is 1.25 bits per heavy atom. The highest BCUT2D eigenvalue weighted by molar-refractivity contribution is 6.30. The second kappa shape index (κ2) is 6.43. The minimum atomic E-state index is -0.396. The molecule has 1 N–H and O–H groups in total. The molecule has 0 aliphatic rings. The van der Waals surface area contributed by atoms with Gasteiger partial charge in [-0.1, -0.05) is 11.6 Å². The summed E-state index contributed by atoms with van der Waals surface area (Å²) in [5, 5.41) is 0.660. The van der Waals surface area contributed by atoms with E-state index in [1.54, 1.807) is 37.4 Å². The van der Waals surface area contributed by atoms with Crippen molar-refractivity contribution in [3.8, 4) is 5.75 Å². The third-order valence-corrected chi connectivity index (χ3v) is 3.07. The molecule has 6 heteroatoms. The van der Waals surface area contributed by atoms with Crippen molar-refractivity contribution in [3.05, 3.63) is 61.9 Å². The number of hydrogen-bond donors (Lipinski definition) is 1. The summed E-state index contributed by atoms with van der Waals surface area (Å²) >= 11 is 5.78. The third kappa shape index (κ3) is 3.74. The Morgan fingerprint density at radius 3 is 2.65 bits per heavy atom. The van der Waals surface area contributed by atoms with Gasteiger partial charge < -0.3 is 9.30 Å². The molecule has 1 aromatic heterocycles. The number of ether oxygens (including phenoxy) is 1. The van der Waals surface area contributed by atoms with Gasteiger partial charge in [-0.25, -0.2) is 4.79 Å². The third-order valence-electron chi connectivity index (χ3n) is 2.81. The van der Waals surface area contributed by atoms with E-state index in [1.807, 2.05) is 0 Å². The molecule has 0 fully saturated rings. The molecule has 1 heterocycles. The highest BCUT2D eigenvalue weighted by Gasteiger charge is 2.01. The molecule has 106 valence electrons. The van der Waals surface area contributed by atoms with Crippen molar-refractivity contribution >= 4 is 11.6 Å². The summed E-state index contributed by atoms with van der Waals surface area (Å²) in [6.07, 6.45) is 2.22. The lowest BCUT2D eigenvalue weighted by Crippen LogP contribution is -2.31. The molecule has 0 amide bonds. The van der Waals surface area contributed by atoms with Gasteiger partial charge in [0.15, 0.2) is 0 Å². The average molecular weight is 295 g/mol. The fraction of sp³-hybridized carbons (Fsp3) is 0.286. The number of aromatic amines is 1. The van der Waals surface area contributed by atoms with E-state index in [9.17, 15) is 9.59 Å². The van der Waals surface area contributed by atoms with E-state index in [0.29, 0.717) is 30.2 Å². The van der Waals surface area contributed by atoms with Gasteiger partial charge in [-0.3, -0.25) is 9.78 Å². The summed E-state index contributed by atoms with van der Waals surface area (Å²) in [7, 11) is 0. The van der Waals surface area contributed by atoms with Gasteiger partial charge in [0.2, 0.25) is 0 Å². The quantitative estimate of drug-likeness (QED) is 0.858. The molecule has 5 nitrogen and oxygen atoms in total. The Balaban J connectivity index is 1.87. The highest BCUT2D eigenvalue weighted by Crippen LogP contribution is 2.15. The predicted octanol–water partition coefficient (Wildman–Crippen LogP) is 1.97. The summed E-state index contributed by atoms with van der Waals surface area (Å²) in [5.41, 5.74) is -0.223. The number of nitrogens with one attached hydrogen (secondary N) is 1. The monoisotopic (exact) mass is 294 g/mol. The zero-order valence-electron chi connectivity index (χ0n) is 11.1. The van der Waals surface area contributed by atoms with Gasteiger partial charge in [-0.2, -0.15) is 0 Å². The number of rotatable bonds is 5. The lowest BCUT2D eigenvalue weighted by Gasteiger charge is -2.08. The summed E-state index contributed by atoms with van der Waals surface area (Å²) < 4.78 is 7.00. The van der Waals surface area contributed by atoms with Gasteiger partial charge in [0, 0.05) is 23.3 Å². The van der Waals surface area contributed by atoms with E-state index >= 15 is 0 Å². The first-order valence-corrected chi connectivity index (χ1v) is 6.63. The zero-order valence-corrected chi connectivity index (χ0v) is 11.8. The Hall–Kier alpha value is -2.01. The van der Waals surface area contributed by atoms with Gasteiger partial charge in [-0.05, 0) is 37.6 Å². The SMILES string of the molecule is Cc1cn(CCCOc2ccc(Cl)cc2)c(=O)[nH]c1=O. The second-order valence-electron chi connectivity index (χ2n) is 4.42. The van der Waals surface area contributed by atoms with Crippen molar-refractivity contribution in [3.63, 3.8) is 0 Å². The van der Waals surface area contributed by atoms with Crippen molar-refractivity contribution < 1.29 is 4.74 Å². The van der Waals surface area contributed by atoms with Gasteiger partial charge >= 0.3 is 5.69 Å². The maximum atomic E-state index is 11.5. The molecule has 20 heavy (non-hydrogen) atoms. The van der Waals surface area contributed by atoms with E-state index in [2.05, 4.69) is 4.98 Å². The number of benzene rings is 1. The fourth-order valence-corrected chi connectivity index (χ4v) is 1.87. The summed E-state index contributed by atoms with van der Waals surface area (Å²) in [4.78, 5) is 25.0. The first kappa shape index (κ1) is 14.4. The van der Waals surface area contributed by atoms with Crippen LogP contribution in [0.15, 0.2) is 40.1 Å². The molecule has 0 bridgehead atoms. The molecule has 0 aliphatic heterocycles. The smallest absolute Gasteiger partial charge is 0.328 e. The molecule has 1 aromatic carbocycles. The van der Waals surface area contributed by atoms with E-state index in [-0.39, 0.29) is 5.56 Å². The number of aromatic nitrogens is 2. The van der Waals surface area contributed by atoms with Crippen LogP contribution in [0.2, 0.25) is 5.02 Å². The van der Waals surface area contributed by atoms with Crippen LogP contribution >= 0.6 is 11.6 Å². The Bertz CT molecular complexity index is 689. The largest absolute Gasteiger partial charge is 0.494 e. The first-order chi connectivity index (χ1) is 9.56. The highest BCUT2D eigenvalue weighted by atomic mass is 35.5. The molecular weight excluding hydrogens is 280 g/mol. The van der Waals surface area contributed by atoms with E-state index in [4.69, 9.17) is 16.3 Å². The van der Waals surface area contributed by atoms with Crippen LogP contribution in [0.4, 0.5) is 0 Å². The van der Waals surface area contributed by atoms with Crippen LogP contribution in [0.5, 0.6) is 5.75 Å². The molecule has 2 rings (SSSR count). The van der Waals surface area contributed by atoms with Gasteiger partial charge in [0.25, 0.3) is 5.56 Å². The first-order valence-electron chi connectivity index (χ1n) is 6.25. The summed E-state index contributed by atoms with van der Waals surface area (Å²) in [5.74, 6) is 0.736. The zero-order chi connectivity index (χ0) is 14.5. The predicted molar refractivity (Wildman–Crippen MR) is 77.6 cm³/mol. The number of H-pyrrole nitrogens is 1. The second-order valence-corrected chi connectivity index (χ2v) is 4.86. The number of halogens is 1. The Kier molecular flexibility index (Phi) is 4.63. The van der Waals surface area contributed by atoms with E-state index in [1.165, 1.54) is 4.57 Å². The van der Waals surface area contributed by atoms with Crippen LogP contribution < -0.4 is 16.0 Å². The number of nitrogens with zero attached hydrogens (tertiary/aromatic N) is 1. The topological polar surface area (TPSA) is 64.1 Å². The number of hydrogen-bond acceptors (Lipinski definition) is 3. The number of aryl methyl sites for hydroxylation is 2. The molecule has 0 atom stereocenters. The van der Waals surface area contributed by atoms with Crippen molar-refractivity contribution in [2.45, 2.75) is 19.9 Å². The molecule has 2 aromatic rings. The van der Waals surface area contributed by atoms with Crippen LogP contribution in [0, 0.1) is 6.92 Å². The van der Waals surface area contributed by atoms with E-state index < -0.39 is 5.69 Å². The van der Waals surface area contributed by atoms with Crippen molar-refractivity contribution in [1.29, 1.82) is 0 Å². The van der Waals surface area contributed by atoms with Gasteiger partial charge in [0.05, 0.1) is 6.61 Å². The molecule has 0 radical (unpaired) electrons. The van der Waals surface area contributed by atoms with Gasteiger partial charge in [-0.15, -0.1) is 0 Å². The van der Waals surface area contributed by atoms with Crippen molar-refractivity contribution in [2.24, 2.45) is 0 Å². The van der Waals surface area contributed by atoms with E-state index in [0.717, 1.165) is 5.75 Å². The fourth-order valence-electron chi connectivity index (χ4n) is 1.74. The maximum Gasteiger partial charge on any atom is 0.328 e. The van der Waals surface area contributed by atoms with Gasteiger partial charge in [0.1, 0.15) is 5.75 Å². The maximum absolute atomic E-state index is 11.5. The van der Waals surface area contributed by atoms with Crippen LogP contribution in [0.1, 0.15) is 12.0 Å². The summed E-state index contributed by atoms with van der Waals surface area (Å²) in [6.45, 7) is 2.63. The molecular formula is C14H15ClN2O3.